The topological polar surface area (TPSA) is 50.9 Å². The molecule has 0 saturated carbocycles. The van der Waals surface area contributed by atoms with Crippen LogP contribution in [0.1, 0.15) is 26.1 Å². The van der Waals surface area contributed by atoms with Crippen molar-refractivity contribution in [1.82, 2.24) is 14.5 Å². The molecule has 0 radical (unpaired) electrons. The zero-order valence-electron chi connectivity index (χ0n) is 10.0. The number of hydrogen-bond acceptors (Lipinski definition) is 3. The molecular weight excluding hydrogens is 238 g/mol. The van der Waals surface area contributed by atoms with Crippen LogP contribution in [0.15, 0.2) is 12.3 Å². The summed E-state index contributed by atoms with van der Waals surface area (Å²) in [6, 6.07) is 1.77. The maximum Gasteiger partial charge on any atom is 0.160 e. The number of imidazole rings is 1. The van der Waals surface area contributed by atoms with Gasteiger partial charge in [-0.25, -0.2) is 9.97 Å². The second-order valence-corrected chi connectivity index (χ2v) is 4.95. The van der Waals surface area contributed by atoms with Gasteiger partial charge in [-0.1, -0.05) is 25.4 Å². The minimum absolute atomic E-state index is 0.0773. The highest BCUT2D eigenvalue weighted by Crippen LogP contribution is 2.19. The maximum absolute atomic E-state index is 9.31. The third-order valence-corrected chi connectivity index (χ3v) is 2.91. The van der Waals surface area contributed by atoms with Gasteiger partial charge in [-0.05, 0) is 18.4 Å². The van der Waals surface area contributed by atoms with Gasteiger partial charge in [0.15, 0.2) is 5.65 Å². The van der Waals surface area contributed by atoms with Gasteiger partial charge in [-0.15, -0.1) is 0 Å². The molecule has 0 spiro atoms. The highest BCUT2D eigenvalue weighted by Gasteiger charge is 2.11. The molecular formula is C12H16ClN3O. The standard InChI is InChI=1S/C12H16ClN3O/c1-8(2)3-4-16-11(7-17)15-10-5-9(13)6-14-12(10)16/h5-6,8,17H,3-4,7H2,1-2H3. The van der Waals surface area contributed by atoms with Gasteiger partial charge in [0.25, 0.3) is 0 Å². The monoisotopic (exact) mass is 253 g/mol. The van der Waals surface area contributed by atoms with E-state index in [1.165, 1.54) is 0 Å². The molecule has 92 valence electrons. The summed E-state index contributed by atoms with van der Waals surface area (Å²) in [5.41, 5.74) is 1.53. The number of aromatic nitrogens is 3. The molecule has 4 nitrogen and oxygen atoms in total. The van der Waals surface area contributed by atoms with E-state index in [2.05, 4.69) is 23.8 Å². The molecule has 0 unspecified atom stereocenters. The van der Waals surface area contributed by atoms with E-state index in [-0.39, 0.29) is 6.61 Å². The van der Waals surface area contributed by atoms with Crippen LogP contribution in [0.4, 0.5) is 0 Å². The maximum atomic E-state index is 9.31. The summed E-state index contributed by atoms with van der Waals surface area (Å²) in [5, 5.41) is 9.88. The summed E-state index contributed by atoms with van der Waals surface area (Å²) in [7, 11) is 0. The number of hydrogen-bond donors (Lipinski definition) is 1. The third-order valence-electron chi connectivity index (χ3n) is 2.70. The van der Waals surface area contributed by atoms with Gasteiger partial charge in [0.05, 0.1) is 5.02 Å². The Morgan fingerprint density at radius 1 is 1.47 bits per heavy atom. The van der Waals surface area contributed by atoms with E-state index in [0.29, 0.717) is 16.8 Å². The number of nitrogens with zero attached hydrogens (tertiary/aromatic N) is 3. The van der Waals surface area contributed by atoms with E-state index in [1.807, 2.05) is 4.57 Å². The van der Waals surface area contributed by atoms with Gasteiger partial charge < -0.3 is 9.67 Å². The molecule has 5 heteroatoms. The van der Waals surface area contributed by atoms with Crippen molar-refractivity contribution in [3.63, 3.8) is 0 Å². The van der Waals surface area contributed by atoms with Gasteiger partial charge in [0.1, 0.15) is 17.9 Å². The molecule has 0 amide bonds. The van der Waals surface area contributed by atoms with Crippen molar-refractivity contribution in [3.8, 4) is 0 Å². The van der Waals surface area contributed by atoms with E-state index in [0.717, 1.165) is 24.1 Å². The van der Waals surface area contributed by atoms with Gasteiger partial charge in [-0.2, -0.15) is 0 Å². The normalized spacial score (nSPS) is 11.6. The van der Waals surface area contributed by atoms with Crippen molar-refractivity contribution in [2.45, 2.75) is 33.4 Å². The first-order chi connectivity index (χ1) is 8.11. The highest BCUT2D eigenvalue weighted by molar-refractivity contribution is 6.31. The van der Waals surface area contributed by atoms with Crippen molar-refractivity contribution in [2.24, 2.45) is 5.92 Å². The predicted molar refractivity (Wildman–Crippen MR) is 67.9 cm³/mol. The lowest BCUT2D eigenvalue weighted by molar-refractivity contribution is 0.264. The fraction of sp³-hybridized carbons (Fsp3) is 0.500. The van der Waals surface area contributed by atoms with E-state index in [9.17, 15) is 5.11 Å². The molecule has 0 aromatic carbocycles. The number of aliphatic hydroxyl groups is 1. The first kappa shape index (κ1) is 12.3. The number of aliphatic hydroxyl groups excluding tert-OH is 1. The van der Waals surface area contributed by atoms with Crippen molar-refractivity contribution in [3.05, 3.63) is 23.1 Å². The van der Waals surface area contributed by atoms with Gasteiger partial charge in [-0.3, -0.25) is 0 Å². The van der Waals surface area contributed by atoms with Crippen molar-refractivity contribution in [1.29, 1.82) is 0 Å². The predicted octanol–water partition coefficient (Wildman–Crippen LogP) is 2.62. The molecule has 2 heterocycles. The SMILES string of the molecule is CC(C)CCn1c(CO)nc2cc(Cl)cnc21. The number of fused-ring (bicyclic) bond motifs is 1. The minimum atomic E-state index is -0.0773. The Morgan fingerprint density at radius 2 is 2.24 bits per heavy atom. The Balaban J connectivity index is 2.43. The zero-order valence-corrected chi connectivity index (χ0v) is 10.8. The van der Waals surface area contributed by atoms with Crippen LogP contribution in [0.2, 0.25) is 5.02 Å². The van der Waals surface area contributed by atoms with Gasteiger partial charge in [0, 0.05) is 12.7 Å². The van der Waals surface area contributed by atoms with Crippen LogP contribution in [0, 0.1) is 5.92 Å². The molecule has 0 aliphatic heterocycles. The summed E-state index contributed by atoms with van der Waals surface area (Å²) in [6.45, 7) is 5.08. The molecule has 0 saturated heterocycles. The molecule has 1 N–H and O–H groups in total. The van der Waals surface area contributed by atoms with E-state index >= 15 is 0 Å². The van der Waals surface area contributed by atoms with Crippen LogP contribution >= 0.6 is 11.6 Å². The van der Waals surface area contributed by atoms with Crippen LogP contribution in [0.25, 0.3) is 11.2 Å². The third kappa shape index (κ3) is 2.58. The van der Waals surface area contributed by atoms with Crippen molar-refractivity contribution >= 4 is 22.8 Å². The Kier molecular flexibility index (Phi) is 3.64. The molecule has 2 rings (SSSR count). The van der Waals surface area contributed by atoms with Crippen LogP contribution < -0.4 is 0 Å². The molecule has 2 aromatic heterocycles. The Labute approximate surface area is 105 Å². The second-order valence-electron chi connectivity index (χ2n) is 4.52. The first-order valence-electron chi connectivity index (χ1n) is 5.73. The summed E-state index contributed by atoms with van der Waals surface area (Å²) < 4.78 is 1.96. The molecule has 2 aromatic rings. The summed E-state index contributed by atoms with van der Waals surface area (Å²) in [6.07, 6.45) is 2.64. The average molecular weight is 254 g/mol. The largest absolute Gasteiger partial charge is 0.388 e. The van der Waals surface area contributed by atoms with Crippen LogP contribution in [-0.2, 0) is 13.2 Å². The zero-order chi connectivity index (χ0) is 12.4. The Hall–Kier alpha value is -1.13. The fourth-order valence-corrected chi connectivity index (χ4v) is 1.93. The molecule has 17 heavy (non-hydrogen) atoms. The van der Waals surface area contributed by atoms with Crippen LogP contribution in [-0.4, -0.2) is 19.6 Å². The summed E-state index contributed by atoms with van der Waals surface area (Å²) >= 11 is 5.88. The number of rotatable bonds is 4. The molecule has 0 bridgehead atoms. The van der Waals surface area contributed by atoms with E-state index < -0.39 is 0 Å². The Morgan fingerprint density at radius 3 is 2.88 bits per heavy atom. The van der Waals surface area contributed by atoms with Crippen molar-refractivity contribution < 1.29 is 5.11 Å². The first-order valence-corrected chi connectivity index (χ1v) is 6.11. The number of halogens is 1. The van der Waals surface area contributed by atoms with Crippen LogP contribution in [0.5, 0.6) is 0 Å². The van der Waals surface area contributed by atoms with Crippen LogP contribution in [0.3, 0.4) is 0 Å². The van der Waals surface area contributed by atoms with Crippen molar-refractivity contribution in [2.75, 3.05) is 0 Å². The lowest BCUT2D eigenvalue weighted by atomic mass is 10.1. The van der Waals surface area contributed by atoms with E-state index in [4.69, 9.17) is 11.6 Å². The lowest BCUT2D eigenvalue weighted by Crippen LogP contribution is -2.06. The fourth-order valence-electron chi connectivity index (χ4n) is 1.78. The quantitative estimate of drug-likeness (QED) is 0.911. The smallest absolute Gasteiger partial charge is 0.160 e. The number of pyridine rings is 1. The van der Waals surface area contributed by atoms with Gasteiger partial charge >= 0.3 is 0 Å². The van der Waals surface area contributed by atoms with Gasteiger partial charge in [0.2, 0.25) is 0 Å². The van der Waals surface area contributed by atoms with E-state index in [1.54, 1.807) is 12.3 Å². The minimum Gasteiger partial charge on any atom is -0.388 e. The molecule has 0 atom stereocenters. The second kappa shape index (κ2) is 5.02. The average Bonchev–Trinajstić information content (AvgIpc) is 2.63. The number of aryl methyl sites for hydroxylation is 1. The lowest BCUT2D eigenvalue weighted by Gasteiger charge is -2.08. The summed E-state index contributed by atoms with van der Waals surface area (Å²) in [5.74, 6) is 1.25. The highest BCUT2D eigenvalue weighted by atomic mass is 35.5. The summed E-state index contributed by atoms with van der Waals surface area (Å²) in [4.78, 5) is 8.62. The Bertz CT molecular complexity index is 522. The molecule has 0 fully saturated rings. The molecule has 0 aliphatic rings. The molecule has 0 aliphatic carbocycles.